The van der Waals surface area contributed by atoms with Crippen LogP contribution in [0.3, 0.4) is 0 Å². The van der Waals surface area contributed by atoms with Gasteiger partial charge in [0, 0.05) is 79.3 Å². The summed E-state index contributed by atoms with van der Waals surface area (Å²) in [6.45, 7) is 7.76. The zero-order valence-corrected chi connectivity index (χ0v) is 56.0. The number of aromatic amines is 1. The van der Waals surface area contributed by atoms with Crippen molar-refractivity contribution in [3.63, 3.8) is 0 Å². The monoisotopic (exact) mass is 1300 g/mol. The maximum atomic E-state index is 15.6. The van der Waals surface area contributed by atoms with Gasteiger partial charge in [-0.1, -0.05) is 124 Å². The Balaban J connectivity index is 0.956. The summed E-state index contributed by atoms with van der Waals surface area (Å²) in [6.07, 6.45) is 11.1. The van der Waals surface area contributed by atoms with Crippen molar-refractivity contribution in [3.05, 3.63) is 206 Å². The van der Waals surface area contributed by atoms with E-state index in [1.165, 1.54) is 7.11 Å². The fraction of sp³-hybridized carbons (Fsp3) is 0.439. The number of ether oxygens (including phenoxy) is 1. The van der Waals surface area contributed by atoms with Crippen molar-refractivity contribution in [2.45, 2.75) is 160 Å². The molecule has 12 rings (SSSR count). The number of phenolic OH excluding ortho intramolecular Hbond substituents is 2. The molecule has 11 N–H and O–H groups in total. The van der Waals surface area contributed by atoms with Gasteiger partial charge in [-0.3, -0.25) is 9.59 Å². The molecule has 504 valence electrons. The van der Waals surface area contributed by atoms with Crippen molar-refractivity contribution >= 4 is 28.0 Å². The number of aliphatic hydroxyl groups is 4. The van der Waals surface area contributed by atoms with E-state index in [1.807, 2.05) is 60.8 Å². The van der Waals surface area contributed by atoms with Crippen LogP contribution in [0.4, 0.5) is 5.69 Å². The number of aryl methyl sites for hydroxylation is 1. The second kappa shape index (κ2) is 30.5. The van der Waals surface area contributed by atoms with E-state index >= 15 is 4.79 Å². The quantitative estimate of drug-likeness (QED) is 0.0452. The lowest BCUT2D eigenvalue weighted by Crippen LogP contribution is -2.40. The normalized spacial score (nSPS) is 26.9. The lowest BCUT2D eigenvalue weighted by atomic mass is 9.68. The Kier molecular flexibility index (Phi) is 21.5. The van der Waals surface area contributed by atoms with E-state index in [1.54, 1.807) is 18.2 Å². The van der Waals surface area contributed by atoms with Gasteiger partial charge >= 0.3 is 0 Å². The van der Waals surface area contributed by atoms with E-state index in [4.69, 9.17) is 4.74 Å². The standard InChI is InChI=1S/C82H96N4O10/c1-5-12-66-60-33-52(30-51-27-28-84-79(34-51)86-73-42-71-57(36-61(73)31-50-13-7-6-8-14-50)21-22-59(80(71)93)38-64(88)46-83-44-49(3)62-37-63(85-45-62)41-76(66)91)32-56-23-25-68(69-43-77(92)78(96-4)40-58(69)24-26-75(90)82(95)81(94)70(56)39-60)67-17-10-9-16-65(67)55-20-19-53(48(2)29-55)35-54-15-11-18-74(89)72(54)47-87/h6-11,13-18,21-22,27,34,36-37,40,42-43,45,48-49,52-53,55-56,60,64,66,68,70,76,82-89,91-93,95H,5,12,19-20,24,26,28-33,35,38-39,41,44,46-47H2,1-4H3/t48-,49+,52+,53+,55-,56+,60+,64+,66-,68-,70+,76-,82+/m1/s1. The van der Waals surface area contributed by atoms with Crippen LogP contribution in [0.15, 0.2) is 145 Å². The number of ketones is 2. The second-order valence-electron chi connectivity index (χ2n) is 28.5. The summed E-state index contributed by atoms with van der Waals surface area (Å²) in [7, 11) is 1.49. The third kappa shape index (κ3) is 15.3. The number of fused-ring (bicyclic) bond motifs is 9. The zero-order chi connectivity index (χ0) is 67.1. The number of benzene rings is 6. The fourth-order valence-electron chi connectivity index (χ4n) is 16.8. The molecule has 3 heterocycles. The predicted molar refractivity (Wildman–Crippen MR) is 377 cm³/mol. The molecule has 0 amide bonds. The number of anilines is 1. The molecule has 0 radical (unpaired) electrons. The number of phenols is 3. The van der Waals surface area contributed by atoms with E-state index in [2.05, 4.69) is 108 Å². The summed E-state index contributed by atoms with van der Waals surface area (Å²) in [5, 5.41) is 93.5. The Labute approximate surface area is 565 Å². The van der Waals surface area contributed by atoms with Crippen LogP contribution in [0.1, 0.15) is 164 Å². The lowest BCUT2D eigenvalue weighted by Gasteiger charge is -2.36. The van der Waals surface area contributed by atoms with Gasteiger partial charge in [-0.05, 0) is 216 Å². The van der Waals surface area contributed by atoms with Crippen molar-refractivity contribution in [2.24, 2.45) is 41.4 Å². The molecule has 6 aromatic carbocycles. The molecule has 96 heavy (non-hydrogen) atoms. The molecule has 9 bridgehead atoms. The summed E-state index contributed by atoms with van der Waals surface area (Å²) in [6, 6.07) is 37.9. The summed E-state index contributed by atoms with van der Waals surface area (Å²) in [4.78, 5) is 33.6. The minimum Gasteiger partial charge on any atom is -0.508 e. The van der Waals surface area contributed by atoms with Crippen molar-refractivity contribution in [1.82, 2.24) is 15.6 Å². The second-order valence-corrected chi connectivity index (χ2v) is 28.5. The minimum absolute atomic E-state index is 0.0615. The third-order valence-corrected chi connectivity index (χ3v) is 22.1. The van der Waals surface area contributed by atoms with E-state index in [0.29, 0.717) is 92.9 Å². The molecule has 2 saturated carbocycles. The molecular formula is C82H96N4O10. The van der Waals surface area contributed by atoms with Crippen LogP contribution in [0.2, 0.25) is 0 Å². The van der Waals surface area contributed by atoms with Crippen LogP contribution >= 0.6 is 0 Å². The van der Waals surface area contributed by atoms with Crippen LogP contribution < -0.4 is 20.7 Å². The number of allylic oxidation sites excluding steroid dienone is 2. The third-order valence-electron chi connectivity index (χ3n) is 22.1. The van der Waals surface area contributed by atoms with Crippen molar-refractivity contribution in [1.29, 1.82) is 0 Å². The van der Waals surface area contributed by atoms with Crippen molar-refractivity contribution in [2.75, 3.05) is 32.1 Å². The van der Waals surface area contributed by atoms with Crippen LogP contribution in [0.5, 0.6) is 23.0 Å². The molecule has 0 spiro atoms. The SMILES string of the molecule is CCC[C@@H]1[C@H]2C[C@@H](CC3=CCNC(=C3)Nc3cc4c(O)c(ccc4cc3Cc3ccccc3)C[C@H](O)CNC[C@H](C)c3c[nH]c(c3)C[C@H]1O)C[C@@H]1C#C[C@H](c3ccccc3[C@@H]3CC[C@@H](Cc4cccc(O)c4CO)[C@H](C)C3)c3cc(O)c(OC)cc3CCC(=O)[C@H](O)C(=O)[C@H]1C2. The number of carbonyl (C=O) groups is 2. The zero-order valence-electron chi connectivity index (χ0n) is 56.0. The highest BCUT2D eigenvalue weighted by Gasteiger charge is 2.44. The van der Waals surface area contributed by atoms with Crippen LogP contribution in [-0.2, 0) is 48.3 Å². The number of aromatic nitrogens is 1. The Morgan fingerprint density at radius 1 is 0.740 bits per heavy atom. The number of aliphatic hydroxyl groups excluding tert-OH is 4. The minimum atomic E-state index is -1.89. The van der Waals surface area contributed by atoms with Gasteiger partial charge < -0.3 is 61.4 Å². The number of methoxy groups -OCH3 is 1. The Hall–Kier alpha value is -8.16. The molecule has 3 aliphatic carbocycles. The summed E-state index contributed by atoms with van der Waals surface area (Å²) in [5.41, 5.74) is 11.8. The van der Waals surface area contributed by atoms with E-state index < -0.39 is 47.6 Å². The molecule has 7 aromatic rings. The smallest absolute Gasteiger partial charge is 0.173 e. The van der Waals surface area contributed by atoms with Gasteiger partial charge in [0.15, 0.2) is 29.2 Å². The number of rotatable bonds is 10. The van der Waals surface area contributed by atoms with E-state index in [0.717, 1.165) is 105 Å². The van der Waals surface area contributed by atoms with Gasteiger partial charge in [0.1, 0.15) is 17.3 Å². The maximum absolute atomic E-state index is 15.6. The van der Waals surface area contributed by atoms with Crippen LogP contribution in [0, 0.1) is 53.3 Å². The topological polar surface area (TPSA) is 237 Å². The largest absolute Gasteiger partial charge is 0.508 e. The first-order valence-electron chi connectivity index (χ1n) is 35.1. The molecule has 13 atom stereocenters. The molecule has 1 aromatic heterocycles. The molecule has 2 aliphatic heterocycles. The Morgan fingerprint density at radius 3 is 2.34 bits per heavy atom. The molecule has 14 nitrogen and oxygen atoms in total. The number of hydrogen-bond acceptors (Lipinski definition) is 13. The first-order chi connectivity index (χ1) is 46.5. The van der Waals surface area contributed by atoms with Gasteiger partial charge in [0.25, 0.3) is 0 Å². The lowest BCUT2D eigenvalue weighted by molar-refractivity contribution is -0.142. The number of H-pyrrole nitrogens is 1. The van der Waals surface area contributed by atoms with Gasteiger partial charge in [-0.15, -0.1) is 0 Å². The highest BCUT2D eigenvalue weighted by Crippen LogP contribution is 2.49. The van der Waals surface area contributed by atoms with Crippen molar-refractivity contribution in [3.8, 4) is 34.8 Å². The number of β-amino-alcohol motifs (C(OH)–C–C–N with tert-alkyl or cyclic N) is 1. The first kappa shape index (κ1) is 67.8. The molecule has 14 heteroatoms. The fourth-order valence-corrected chi connectivity index (χ4v) is 16.8. The molecule has 0 unspecified atom stereocenters. The number of dihydropyridines is 1. The highest BCUT2D eigenvalue weighted by molar-refractivity contribution is 6.06. The van der Waals surface area contributed by atoms with E-state index in [9.17, 15) is 40.5 Å². The number of nitrogens with one attached hydrogen (secondary N) is 4. The number of carbonyl (C=O) groups excluding carboxylic acids is 2. The molecule has 0 saturated heterocycles. The maximum Gasteiger partial charge on any atom is 0.173 e. The van der Waals surface area contributed by atoms with Gasteiger partial charge in [0.05, 0.1) is 31.8 Å². The number of aromatic hydroxyl groups is 3. The molecule has 5 aliphatic rings. The molecule has 2 fully saturated rings. The Bertz CT molecular complexity index is 4050. The van der Waals surface area contributed by atoms with Gasteiger partial charge in [-0.25, -0.2) is 0 Å². The number of hydrogen-bond donors (Lipinski definition) is 11. The highest BCUT2D eigenvalue weighted by atomic mass is 16.5. The summed E-state index contributed by atoms with van der Waals surface area (Å²) >= 11 is 0. The Morgan fingerprint density at radius 2 is 1.55 bits per heavy atom. The van der Waals surface area contributed by atoms with Crippen LogP contribution in [-0.4, -0.2) is 97.4 Å². The van der Waals surface area contributed by atoms with Crippen molar-refractivity contribution < 1.29 is 50.1 Å². The average Bonchev–Trinajstić information content (AvgIpc) is 1.70. The van der Waals surface area contributed by atoms with Gasteiger partial charge in [0.2, 0.25) is 0 Å². The average molecular weight is 1300 g/mol. The summed E-state index contributed by atoms with van der Waals surface area (Å²) < 4.78 is 5.71. The summed E-state index contributed by atoms with van der Waals surface area (Å²) in [5.74, 6) is 5.97. The van der Waals surface area contributed by atoms with Crippen LogP contribution in [0.25, 0.3) is 10.8 Å². The van der Waals surface area contributed by atoms with E-state index in [-0.39, 0.29) is 78.5 Å². The number of Topliss-reactive ketones (excluding diaryl/α,β-unsaturated/α-hetero) is 2. The molecular weight excluding hydrogens is 1200 g/mol. The first-order valence-corrected chi connectivity index (χ1v) is 35.1. The predicted octanol–water partition coefficient (Wildman–Crippen LogP) is 12.9. The van der Waals surface area contributed by atoms with Gasteiger partial charge in [-0.2, -0.15) is 0 Å².